The quantitative estimate of drug-likeness (QED) is 0.734. The first-order valence-corrected chi connectivity index (χ1v) is 7.58. The van der Waals surface area contributed by atoms with Crippen LogP contribution >= 0.6 is 0 Å². The molecule has 0 atom stereocenters. The van der Waals surface area contributed by atoms with E-state index in [1.807, 2.05) is 12.1 Å². The number of imidazole rings is 1. The third-order valence-corrected chi connectivity index (χ3v) is 3.59. The maximum Gasteiger partial charge on any atom is 0.163 e. The van der Waals surface area contributed by atoms with Crippen molar-refractivity contribution in [2.45, 2.75) is 39.7 Å². The Hall–Kier alpha value is -2.22. The average Bonchev–Trinajstić information content (AvgIpc) is 2.82. The van der Waals surface area contributed by atoms with Gasteiger partial charge in [-0.3, -0.25) is 0 Å². The maximum absolute atomic E-state index is 8.76. The lowest BCUT2D eigenvalue weighted by Gasteiger charge is -2.11. The minimum absolute atomic E-state index is 0.523. The second-order valence-corrected chi connectivity index (χ2v) is 5.74. The monoisotopic (exact) mass is 301 g/mol. The van der Waals surface area contributed by atoms with E-state index in [-0.39, 0.29) is 0 Å². The van der Waals surface area contributed by atoms with Gasteiger partial charge in [0.05, 0.1) is 31.3 Å². The number of aryl methyl sites for hydroxylation is 1. The summed E-state index contributed by atoms with van der Waals surface area (Å²) in [6, 6.07) is 6.09. The molecule has 0 aliphatic carbocycles. The number of hydrogen-bond acceptors (Lipinski definition) is 4. The number of methoxy groups -OCH3 is 2. The molecule has 0 unspecified atom stereocenters. The molecular weight excluding hydrogens is 278 g/mol. The molecule has 0 fully saturated rings. The van der Waals surface area contributed by atoms with Crippen LogP contribution in [-0.2, 0) is 13.0 Å². The molecular formula is C17H23N3O2. The third kappa shape index (κ3) is 3.33. The third-order valence-electron chi connectivity index (χ3n) is 3.59. The summed E-state index contributed by atoms with van der Waals surface area (Å²) in [5, 5.41) is 8.76. The fourth-order valence-corrected chi connectivity index (χ4v) is 2.59. The second kappa shape index (κ2) is 7.17. The minimum Gasteiger partial charge on any atom is -0.493 e. The van der Waals surface area contributed by atoms with E-state index in [1.165, 1.54) is 0 Å². The van der Waals surface area contributed by atoms with Gasteiger partial charge in [-0.15, -0.1) is 0 Å². The van der Waals surface area contributed by atoms with E-state index >= 15 is 0 Å². The first-order chi connectivity index (χ1) is 10.6. The van der Waals surface area contributed by atoms with Crippen molar-refractivity contribution >= 4 is 11.0 Å². The van der Waals surface area contributed by atoms with Crippen LogP contribution in [0.15, 0.2) is 12.1 Å². The predicted octanol–water partition coefficient (Wildman–Crippen LogP) is 3.56. The van der Waals surface area contributed by atoms with Crippen LogP contribution in [0.25, 0.3) is 11.0 Å². The van der Waals surface area contributed by atoms with Crippen molar-refractivity contribution < 1.29 is 9.47 Å². The van der Waals surface area contributed by atoms with Crippen molar-refractivity contribution in [2.75, 3.05) is 14.2 Å². The molecule has 22 heavy (non-hydrogen) atoms. The summed E-state index contributed by atoms with van der Waals surface area (Å²) in [6.07, 6.45) is 2.28. The summed E-state index contributed by atoms with van der Waals surface area (Å²) in [4.78, 5) is 4.76. The lowest BCUT2D eigenvalue weighted by molar-refractivity contribution is 0.355. The molecule has 5 nitrogen and oxygen atoms in total. The van der Waals surface area contributed by atoms with Crippen molar-refractivity contribution in [3.05, 3.63) is 18.0 Å². The largest absolute Gasteiger partial charge is 0.493 e. The van der Waals surface area contributed by atoms with Crippen LogP contribution in [0.2, 0.25) is 0 Å². The van der Waals surface area contributed by atoms with E-state index in [1.54, 1.807) is 14.2 Å². The summed E-state index contributed by atoms with van der Waals surface area (Å²) in [7, 11) is 3.26. The fourth-order valence-electron chi connectivity index (χ4n) is 2.59. The number of benzene rings is 1. The Kier molecular flexibility index (Phi) is 5.26. The molecule has 2 aromatic rings. The topological polar surface area (TPSA) is 60.1 Å². The van der Waals surface area contributed by atoms with E-state index in [0.717, 1.165) is 36.2 Å². The molecule has 1 heterocycles. The van der Waals surface area contributed by atoms with Gasteiger partial charge in [0, 0.05) is 31.5 Å². The molecule has 5 heteroatoms. The maximum atomic E-state index is 8.76. The van der Waals surface area contributed by atoms with Crippen LogP contribution in [0.3, 0.4) is 0 Å². The van der Waals surface area contributed by atoms with Crippen molar-refractivity contribution in [3.63, 3.8) is 0 Å². The zero-order chi connectivity index (χ0) is 16.1. The van der Waals surface area contributed by atoms with Gasteiger partial charge in [0.2, 0.25) is 0 Å². The number of unbranched alkanes of at least 4 members (excludes halogenated alkanes) is 1. The fraction of sp³-hybridized carbons (Fsp3) is 0.529. The lowest BCUT2D eigenvalue weighted by atomic mass is 10.1. The first-order valence-electron chi connectivity index (χ1n) is 7.58. The van der Waals surface area contributed by atoms with Gasteiger partial charge < -0.3 is 14.0 Å². The predicted molar refractivity (Wildman–Crippen MR) is 86.2 cm³/mol. The number of nitrogens with zero attached hydrogens (tertiary/aromatic N) is 3. The number of rotatable bonds is 7. The molecule has 0 saturated carbocycles. The molecule has 0 amide bonds. The minimum atomic E-state index is 0.523. The van der Waals surface area contributed by atoms with Gasteiger partial charge >= 0.3 is 0 Å². The molecule has 1 aromatic heterocycles. The number of nitriles is 1. The lowest BCUT2D eigenvalue weighted by Crippen LogP contribution is -2.07. The number of ether oxygens (including phenoxy) is 2. The molecule has 2 rings (SSSR count). The number of hydrogen-bond donors (Lipinski definition) is 0. The Bertz CT molecular complexity index is 683. The summed E-state index contributed by atoms with van der Waals surface area (Å²) in [6.45, 7) is 5.15. The van der Waals surface area contributed by atoms with E-state index in [0.29, 0.717) is 23.8 Å². The first kappa shape index (κ1) is 16.2. The normalized spacial score (nSPS) is 10.9. The molecule has 1 aromatic carbocycles. The Morgan fingerprint density at radius 3 is 2.50 bits per heavy atom. The van der Waals surface area contributed by atoms with Gasteiger partial charge in [-0.25, -0.2) is 4.98 Å². The number of fused-ring (bicyclic) bond motifs is 1. The SMILES string of the molecule is COc1cc2nc(CC(C)C)n(CCCC#N)c2cc1OC. The van der Waals surface area contributed by atoms with Gasteiger partial charge in [0.1, 0.15) is 5.82 Å². The van der Waals surface area contributed by atoms with E-state index in [2.05, 4.69) is 24.5 Å². The molecule has 0 N–H and O–H groups in total. The van der Waals surface area contributed by atoms with Crippen LogP contribution in [0.1, 0.15) is 32.5 Å². The van der Waals surface area contributed by atoms with Crippen LogP contribution in [-0.4, -0.2) is 23.8 Å². The smallest absolute Gasteiger partial charge is 0.163 e. The highest BCUT2D eigenvalue weighted by Crippen LogP contribution is 2.33. The zero-order valence-corrected chi connectivity index (χ0v) is 13.7. The van der Waals surface area contributed by atoms with E-state index in [9.17, 15) is 0 Å². The molecule has 0 spiro atoms. The average molecular weight is 301 g/mol. The summed E-state index contributed by atoms with van der Waals surface area (Å²) < 4.78 is 13.0. The highest BCUT2D eigenvalue weighted by atomic mass is 16.5. The Balaban J connectivity index is 2.51. The van der Waals surface area contributed by atoms with Gasteiger partial charge in [0.25, 0.3) is 0 Å². The Morgan fingerprint density at radius 2 is 1.91 bits per heavy atom. The van der Waals surface area contributed by atoms with Crippen molar-refractivity contribution in [3.8, 4) is 17.6 Å². The molecule has 0 bridgehead atoms. The zero-order valence-electron chi connectivity index (χ0n) is 13.7. The highest BCUT2D eigenvalue weighted by Gasteiger charge is 2.15. The standard InChI is InChI=1S/C17H23N3O2/c1-12(2)9-17-19-13-10-15(21-3)16(22-4)11-14(13)20(17)8-6-5-7-18/h10-12H,5-6,8-9H2,1-4H3. The summed E-state index contributed by atoms with van der Waals surface area (Å²) in [5.41, 5.74) is 1.94. The molecule has 0 aliphatic heterocycles. The van der Waals surface area contributed by atoms with Crippen LogP contribution in [0.5, 0.6) is 11.5 Å². The number of aromatic nitrogens is 2. The van der Waals surface area contributed by atoms with Crippen molar-refractivity contribution in [1.82, 2.24) is 9.55 Å². The van der Waals surface area contributed by atoms with Crippen LogP contribution in [0, 0.1) is 17.2 Å². The molecule has 118 valence electrons. The van der Waals surface area contributed by atoms with Gasteiger partial charge in [-0.2, -0.15) is 5.26 Å². The van der Waals surface area contributed by atoms with Gasteiger partial charge in [-0.1, -0.05) is 13.8 Å². The van der Waals surface area contributed by atoms with Gasteiger partial charge in [-0.05, 0) is 12.3 Å². The van der Waals surface area contributed by atoms with E-state index in [4.69, 9.17) is 19.7 Å². The Morgan fingerprint density at radius 1 is 1.23 bits per heavy atom. The highest BCUT2D eigenvalue weighted by molar-refractivity contribution is 5.80. The molecule has 0 saturated heterocycles. The second-order valence-electron chi connectivity index (χ2n) is 5.74. The summed E-state index contributed by atoms with van der Waals surface area (Å²) >= 11 is 0. The molecule has 0 aliphatic rings. The van der Waals surface area contributed by atoms with Crippen molar-refractivity contribution in [2.24, 2.45) is 5.92 Å². The Labute approximate surface area is 131 Å². The van der Waals surface area contributed by atoms with Crippen molar-refractivity contribution in [1.29, 1.82) is 5.26 Å². The van der Waals surface area contributed by atoms with E-state index < -0.39 is 0 Å². The summed E-state index contributed by atoms with van der Waals surface area (Å²) in [5.74, 6) is 2.97. The van der Waals surface area contributed by atoms with Crippen LogP contribution < -0.4 is 9.47 Å². The van der Waals surface area contributed by atoms with Gasteiger partial charge in [0.15, 0.2) is 11.5 Å². The van der Waals surface area contributed by atoms with Crippen LogP contribution in [0.4, 0.5) is 0 Å². The molecule has 0 radical (unpaired) electrons.